The van der Waals surface area contributed by atoms with Crippen LogP contribution < -0.4 is 19.7 Å². The molecule has 1 aromatic heterocycles. The summed E-state index contributed by atoms with van der Waals surface area (Å²) in [5, 5.41) is 11.3. The summed E-state index contributed by atoms with van der Waals surface area (Å²) < 4.78 is 12.4. The van der Waals surface area contributed by atoms with Crippen molar-refractivity contribution in [3.63, 3.8) is 0 Å². The number of nitrogens with one attached hydrogen (secondary N) is 1. The number of aromatic nitrogens is 3. The zero-order valence-electron chi connectivity index (χ0n) is 23.5. The number of anilines is 1. The fourth-order valence-corrected chi connectivity index (χ4v) is 4.48. The number of fused-ring (bicyclic) bond motifs is 1. The van der Waals surface area contributed by atoms with Crippen molar-refractivity contribution in [2.45, 2.75) is 45.8 Å². The topological polar surface area (TPSA) is 116 Å². The van der Waals surface area contributed by atoms with E-state index in [4.69, 9.17) is 9.47 Å². The third kappa shape index (κ3) is 6.12. The third-order valence-electron chi connectivity index (χ3n) is 6.21. The summed E-state index contributed by atoms with van der Waals surface area (Å²) in [7, 11) is 3.01. The van der Waals surface area contributed by atoms with Crippen LogP contribution in [0.2, 0.25) is 0 Å². The van der Waals surface area contributed by atoms with Crippen molar-refractivity contribution >= 4 is 34.3 Å². The van der Waals surface area contributed by atoms with Crippen LogP contribution in [0.4, 0.5) is 5.69 Å². The van der Waals surface area contributed by atoms with Crippen LogP contribution in [0.1, 0.15) is 49.7 Å². The summed E-state index contributed by atoms with van der Waals surface area (Å²) in [6.45, 7) is 6.75. The van der Waals surface area contributed by atoms with Crippen molar-refractivity contribution in [3.05, 3.63) is 77.9 Å². The van der Waals surface area contributed by atoms with E-state index >= 15 is 0 Å². The highest BCUT2D eigenvalue weighted by molar-refractivity contribution is 6.08. The number of benzene rings is 3. The van der Waals surface area contributed by atoms with Gasteiger partial charge in [0.1, 0.15) is 29.6 Å². The summed E-state index contributed by atoms with van der Waals surface area (Å²) in [6, 6.07) is 17.8. The Morgan fingerprint density at radius 2 is 1.57 bits per heavy atom. The highest BCUT2D eigenvalue weighted by Gasteiger charge is 2.37. The van der Waals surface area contributed by atoms with Crippen molar-refractivity contribution in [2.75, 3.05) is 19.1 Å². The number of ketones is 1. The number of hydrogen-bond acceptors (Lipinski definition) is 7. The largest absolute Gasteiger partial charge is 0.497 e. The molecule has 4 aromatic rings. The van der Waals surface area contributed by atoms with Crippen LogP contribution in [0.25, 0.3) is 11.0 Å². The van der Waals surface area contributed by atoms with E-state index in [9.17, 15) is 14.4 Å². The van der Waals surface area contributed by atoms with Crippen LogP contribution in [0.3, 0.4) is 0 Å². The van der Waals surface area contributed by atoms with E-state index < -0.39 is 23.4 Å². The van der Waals surface area contributed by atoms with Crippen LogP contribution in [0.5, 0.6) is 11.5 Å². The lowest BCUT2D eigenvalue weighted by atomic mass is 9.98. The molecule has 0 aliphatic rings. The van der Waals surface area contributed by atoms with Crippen LogP contribution in [0, 0.1) is 0 Å². The second-order valence-corrected chi connectivity index (χ2v) is 10.4. The molecule has 0 bridgehead atoms. The SMILES string of the molecule is COc1cc(OC)cc([C@H](C(=O)NC(C)(C)C)N(C(=O)Cn2nnc3ccccc32)c2ccccc2C(C)=O)c1. The average molecular weight is 544 g/mol. The molecule has 0 radical (unpaired) electrons. The van der Waals surface area contributed by atoms with Gasteiger partial charge in [-0.2, -0.15) is 0 Å². The molecule has 0 saturated heterocycles. The fraction of sp³-hybridized carbons (Fsp3) is 0.300. The summed E-state index contributed by atoms with van der Waals surface area (Å²) in [4.78, 5) is 42.5. The Balaban J connectivity index is 1.94. The van der Waals surface area contributed by atoms with Crippen LogP contribution >= 0.6 is 0 Å². The normalized spacial score (nSPS) is 12.1. The van der Waals surface area contributed by atoms with E-state index in [-0.39, 0.29) is 12.3 Å². The molecule has 10 heteroatoms. The zero-order chi connectivity index (χ0) is 29.0. The minimum atomic E-state index is -1.19. The maximum Gasteiger partial charge on any atom is 0.249 e. The van der Waals surface area contributed by atoms with Gasteiger partial charge < -0.3 is 14.8 Å². The number of Topliss-reactive ketones (excluding diaryl/α,β-unsaturated/α-hetero) is 1. The number of nitrogens with zero attached hydrogens (tertiary/aromatic N) is 4. The lowest BCUT2D eigenvalue weighted by Crippen LogP contribution is -2.50. The van der Waals surface area contributed by atoms with Gasteiger partial charge in [0.2, 0.25) is 11.8 Å². The van der Waals surface area contributed by atoms with E-state index in [1.165, 1.54) is 30.7 Å². The quantitative estimate of drug-likeness (QED) is 0.312. The number of hydrogen-bond donors (Lipinski definition) is 1. The maximum atomic E-state index is 14.3. The highest BCUT2D eigenvalue weighted by Crippen LogP contribution is 2.35. The first kappa shape index (κ1) is 28.3. The van der Waals surface area contributed by atoms with Crippen molar-refractivity contribution in [2.24, 2.45) is 0 Å². The minimum absolute atomic E-state index is 0.229. The number of methoxy groups -OCH3 is 2. The predicted octanol–water partition coefficient (Wildman–Crippen LogP) is 4.34. The summed E-state index contributed by atoms with van der Waals surface area (Å²) in [5.74, 6) is -0.286. The van der Waals surface area contributed by atoms with Crippen molar-refractivity contribution < 1.29 is 23.9 Å². The van der Waals surface area contributed by atoms with E-state index in [0.717, 1.165) is 0 Å². The van der Waals surface area contributed by atoms with E-state index in [1.807, 2.05) is 39.0 Å². The number of amides is 2. The van der Waals surface area contributed by atoms with Crippen molar-refractivity contribution in [1.29, 1.82) is 0 Å². The Kier molecular flexibility index (Phi) is 8.18. The Labute approximate surface area is 232 Å². The molecule has 10 nitrogen and oxygen atoms in total. The van der Waals surface area contributed by atoms with Gasteiger partial charge in [0.25, 0.3) is 0 Å². The standard InChI is InChI=1S/C30H33N5O5/c1-19(36)23-11-7-9-13-25(23)35(27(37)18-34-26-14-10-8-12-24(26)32-33-34)28(29(38)31-30(2,3)4)20-15-21(39-5)17-22(16-20)40-6/h7-17,28H,18H2,1-6H3,(H,31,38)/t28-/m1/s1. The van der Waals surface area contributed by atoms with Gasteiger partial charge >= 0.3 is 0 Å². The summed E-state index contributed by atoms with van der Waals surface area (Å²) in [5.41, 5.74) is 1.70. The molecule has 3 aromatic carbocycles. The second-order valence-electron chi connectivity index (χ2n) is 10.4. The molecule has 0 unspecified atom stereocenters. The fourth-order valence-electron chi connectivity index (χ4n) is 4.48. The Hall–Kier alpha value is -4.73. The lowest BCUT2D eigenvalue weighted by Gasteiger charge is -2.34. The second kappa shape index (κ2) is 11.6. The molecule has 1 N–H and O–H groups in total. The van der Waals surface area contributed by atoms with Gasteiger partial charge in [-0.25, -0.2) is 4.68 Å². The molecular formula is C30H33N5O5. The number of ether oxygens (including phenoxy) is 2. The molecule has 1 heterocycles. The molecule has 208 valence electrons. The first-order chi connectivity index (χ1) is 19.0. The van der Waals surface area contributed by atoms with Crippen LogP contribution in [-0.4, -0.2) is 52.3 Å². The summed E-state index contributed by atoms with van der Waals surface area (Å²) in [6.07, 6.45) is 0. The van der Waals surface area contributed by atoms with E-state index in [0.29, 0.717) is 39.3 Å². The van der Waals surface area contributed by atoms with Gasteiger partial charge in [-0.15, -0.1) is 5.10 Å². The van der Waals surface area contributed by atoms with Gasteiger partial charge in [0, 0.05) is 17.2 Å². The third-order valence-corrected chi connectivity index (χ3v) is 6.21. The number of rotatable bonds is 9. The van der Waals surface area contributed by atoms with Crippen LogP contribution in [0.15, 0.2) is 66.7 Å². The molecule has 0 aliphatic carbocycles. The van der Waals surface area contributed by atoms with Gasteiger partial charge in [0.15, 0.2) is 5.78 Å². The smallest absolute Gasteiger partial charge is 0.249 e. The molecule has 2 amide bonds. The Bertz CT molecular complexity index is 1530. The van der Waals surface area contributed by atoms with Gasteiger partial charge in [0.05, 0.1) is 25.4 Å². The summed E-state index contributed by atoms with van der Waals surface area (Å²) >= 11 is 0. The predicted molar refractivity (Wildman–Crippen MR) is 152 cm³/mol. The van der Waals surface area contributed by atoms with Gasteiger partial charge in [-0.1, -0.05) is 29.5 Å². The Morgan fingerprint density at radius 3 is 2.20 bits per heavy atom. The van der Waals surface area contributed by atoms with Gasteiger partial charge in [-0.3, -0.25) is 19.3 Å². The first-order valence-corrected chi connectivity index (χ1v) is 12.8. The molecule has 1 atom stereocenters. The molecule has 0 saturated carbocycles. The van der Waals surface area contributed by atoms with Gasteiger partial charge in [-0.05, 0) is 69.7 Å². The van der Waals surface area contributed by atoms with Crippen molar-refractivity contribution in [1.82, 2.24) is 20.3 Å². The minimum Gasteiger partial charge on any atom is -0.497 e. The molecule has 0 aliphatic heterocycles. The average Bonchev–Trinajstić information content (AvgIpc) is 3.32. The molecule has 0 fully saturated rings. The molecule has 0 spiro atoms. The number of para-hydroxylation sites is 2. The maximum absolute atomic E-state index is 14.3. The first-order valence-electron chi connectivity index (χ1n) is 12.8. The monoisotopic (exact) mass is 543 g/mol. The van der Waals surface area contributed by atoms with Crippen molar-refractivity contribution in [3.8, 4) is 11.5 Å². The lowest BCUT2D eigenvalue weighted by molar-refractivity contribution is -0.128. The van der Waals surface area contributed by atoms with E-state index in [1.54, 1.807) is 48.5 Å². The number of carbonyl (C=O) groups is 3. The molecule has 4 rings (SSSR count). The molecule has 40 heavy (non-hydrogen) atoms. The van der Waals surface area contributed by atoms with Crippen LogP contribution in [-0.2, 0) is 16.1 Å². The highest BCUT2D eigenvalue weighted by atomic mass is 16.5. The Morgan fingerprint density at radius 1 is 0.950 bits per heavy atom. The molecular weight excluding hydrogens is 510 g/mol. The zero-order valence-corrected chi connectivity index (χ0v) is 23.5. The number of carbonyl (C=O) groups excluding carboxylic acids is 3. The van der Waals surface area contributed by atoms with E-state index in [2.05, 4.69) is 15.6 Å².